The van der Waals surface area contributed by atoms with Crippen molar-refractivity contribution in [1.82, 2.24) is 14.5 Å². The van der Waals surface area contributed by atoms with Crippen molar-refractivity contribution < 1.29 is 9.52 Å². The molecule has 0 radical (unpaired) electrons. The van der Waals surface area contributed by atoms with Crippen LogP contribution < -0.4 is 0 Å². The summed E-state index contributed by atoms with van der Waals surface area (Å²) in [6, 6.07) is 29.1. The Bertz CT molecular complexity index is 2190. The van der Waals surface area contributed by atoms with Gasteiger partial charge in [-0.3, -0.25) is 4.98 Å². The second-order valence-corrected chi connectivity index (χ2v) is 13.3. The van der Waals surface area contributed by atoms with Crippen molar-refractivity contribution >= 4 is 33.0 Å². The number of aryl methyl sites for hydroxylation is 1. The first-order valence-electron chi connectivity index (χ1n) is 15.3. The number of imidazole rings is 1. The first kappa shape index (κ1) is 27.9. The summed E-state index contributed by atoms with van der Waals surface area (Å²) in [5, 5.41) is 13.5. The monoisotopic (exact) mass is 579 g/mol. The Morgan fingerprint density at radius 3 is 2.41 bits per heavy atom. The quantitative estimate of drug-likeness (QED) is 0.220. The number of aromatic nitrogens is 3. The number of furan rings is 1. The van der Waals surface area contributed by atoms with E-state index in [9.17, 15) is 5.11 Å². The van der Waals surface area contributed by atoms with Gasteiger partial charge < -0.3 is 14.1 Å². The predicted molar refractivity (Wildman–Crippen MR) is 181 cm³/mol. The number of phenols is 1. The fourth-order valence-electron chi connectivity index (χ4n) is 6.41. The average molecular weight is 580 g/mol. The van der Waals surface area contributed by atoms with E-state index in [-0.39, 0.29) is 11.2 Å². The number of fused-ring (bicyclic) bond motifs is 4. The molecule has 4 aromatic carbocycles. The van der Waals surface area contributed by atoms with Crippen molar-refractivity contribution in [3.63, 3.8) is 0 Å². The fraction of sp³-hybridized carbons (Fsp3) is 0.231. The maximum absolute atomic E-state index is 11.4. The normalized spacial score (nSPS) is 12.2. The summed E-state index contributed by atoms with van der Waals surface area (Å²) in [6.45, 7) is 10.8. The van der Waals surface area contributed by atoms with Gasteiger partial charge in [-0.2, -0.15) is 0 Å². The van der Waals surface area contributed by atoms with Crippen LogP contribution in [-0.4, -0.2) is 19.6 Å². The first-order valence-corrected chi connectivity index (χ1v) is 15.3. The van der Waals surface area contributed by atoms with Crippen molar-refractivity contribution in [1.29, 1.82) is 0 Å². The summed E-state index contributed by atoms with van der Waals surface area (Å²) in [7, 11) is 2.01. The van der Waals surface area contributed by atoms with E-state index in [1.54, 1.807) is 0 Å². The van der Waals surface area contributed by atoms with Gasteiger partial charge in [0.2, 0.25) is 0 Å². The molecule has 3 heterocycles. The van der Waals surface area contributed by atoms with Crippen molar-refractivity contribution in [2.45, 2.75) is 46.5 Å². The lowest BCUT2D eigenvalue weighted by Gasteiger charge is -2.21. The molecule has 0 fully saturated rings. The summed E-state index contributed by atoms with van der Waals surface area (Å²) >= 11 is 0. The van der Waals surface area contributed by atoms with E-state index in [0.29, 0.717) is 5.92 Å². The van der Waals surface area contributed by atoms with E-state index in [4.69, 9.17) is 14.4 Å². The zero-order valence-electron chi connectivity index (χ0n) is 26.1. The molecule has 3 aromatic heterocycles. The highest BCUT2D eigenvalue weighted by Gasteiger charge is 2.24. The van der Waals surface area contributed by atoms with Gasteiger partial charge in [-0.1, -0.05) is 77.1 Å². The van der Waals surface area contributed by atoms with E-state index in [1.165, 1.54) is 5.56 Å². The maximum atomic E-state index is 11.4. The minimum Gasteiger partial charge on any atom is -0.507 e. The number of para-hydroxylation sites is 3. The molecule has 44 heavy (non-hydrogen) atoms. The molecule has 0 amide bonds. The Morgan fingerprint density at radius 2 is 1.61 bits per heavy atom. The number of phenolic OH excluding ortho intramolecular Hbond substituents is 1. The number of rotatable bonds is 5. The highest BCUT2D eigenvalue weighted by Crippen LogP contribution is 2.43. The lowest BCUT2D eigenvalue weighted by atomic mass is 9.85. The van der Waals surface area contributed by atoms with Crippen LogP contribution in [0.1, 0.15) is 45.7 Å². The molecule has 5 heteroatoms. The van der Waals surface area contributed by atoms with Crippen molar-refractivity contribution in [3.05, 3.63) is 102 Å². The Balaban J connectivity index is 1.49. The third-order valence-corrected chi connectivity index (χ3v) is 8.53. The van der Waals surface area contributed by atoms with Crippen LogP contribution in [0.5, 0.6) is 5.75 Å². The van der Waals surface area contributed by atoms with Crippen LogP contribution in [0.25, 0.3) is 66.7 Å². The van der Waals surface area contributed by atoms with Gasteiger partial charge >= 0.3 is 0 Å². The molecule has 0 unspecified atom stereocenters. The third-order valence-electron chi connectivity index (χ3n) is 8.53. The zero-order valence-corrected chi connectivity index (χ0v) is 26.1. The lowest BCUT2D eigenvalue weighted by Crippen LogP contribution is -2.11. The minimum atomic E-state index is -0.205. The van der Waals surface area contributed by atoms with Gasteiger partial charge in [0, 0.05) is 40.7 Å². The van der Waals surface area contributed by atoms with Gasteiger partial charge in [0.15, 0.2) is 0 Å². The SMILES string of the molecule is CC(C)Cc1ccnc(-c2cc(-c3cccc4c3nc(-c3cccc(C(C)(C)C)c3O)n4C)c3oc4ccccc4c3c2)c1. The third kappa shape index (κ3) is 4.64. The molecule has 0 saturated heterocycles. The zero-order chi connectivity index (χ0) is 30.7. The number of benzene rings is 4. The van der Waals surface area contributed by atoms with Crippen LogP contribution >= 0.6 is 0 Å². The molecular weight excluding hydrogens is 542 g/mol. The van der Waals surface area contributed by atoms with Gasteiger partial charge in [-0.25, -0.2) is 4.98 Å². The van der Waals surface area contributed by atoms with Crippen molar-refractivity contribution in [2.75, 3.05) is 0 Å². The van der Waals surface area contributed by atoms with E-state index in [2.05, 4.69) is 93.8 Å². The van der Waals surface area contributed by atoms with Gasteiger partial charge in [0.1, 0.15) is 22.7 Å². The summed E-state index contributed by atoms with van der Waals surface area (Å²) in [4.78, 5) is 10.0. The molecule has 7 rings (SSSR count). The predicted octanol–water partition coefficient (Wildman–Crippen LogP) is 10.1. The fourth-order valence-corrected chi connectivity index (χ4v) is 6.41. The molecule has 0 bridgehead atoms. The highest BCUT2D eigenvalue weighted by molar-refractivity contribution is 6.13. The second-order valence-electron chi connectivity index (χ2n) is 13.3. The van der Waals surface area contributed by atoms with E-state index in [0.717, 1.165) is 78.7 Å². The Kier molecular flexibility index (Phi) is 6.58. The molecule has 0 atom stereocenters. The molecule has 0 aliphatic heterocycles. The first-order chi connectivity index (χ1) is 21.1. The van der Waals surface area contributed by atoms with Gasteiger partial charge in [0.25, 0.3) is 0 Å². The Hall–Kier alpha value is -4.90. The minimum absolute atomic E-state index is 0.205. The molecule has 0 aliphatic rings. The van der Waals surface area contributed by atoms with Crippen LogP contribution in [0, 0.1) is 5.92 Å². The largest absolute Gasteiger partial charge is 0.507 e. The molecular formula is C39H37N3O2. The van der Waals surface area contributed by atoms with Crippen molar-refractivity contribution in [3.8, 4) is 39.5 Å². The van der Waals surface area contributed by atoms with E-state index in [1.807, 2.05) is 43.6 Å². The summed E-state index contributed by atoms with van der Waals surface area (Å²) in [5.41, 5.74) is 10.1. The summed E-state index contributed by atoms with van der Waals surface area (Å²) in [5.74, 6) is 1.55. The Morgan fingerprint density at radius 1 is 0.841 bits per heavy atom. The number of nitrogens with zero attached hydrogens (tertiary/aromatic N) is 3. The van der Waals surface area contributed by atoms with Crippen LogP contribution in [0.2, 0.25) is 0 Å². The summed E-state index contributed by atoms with van der Waals surface area (Å²) < 4.78 is 8.62. The molecule has 0 spiro atoms. The van der Waals surface area contributed by atoms with Gasteiger partial charge in [-0.15, -0.1) is 0 Å². The Labute approximate surface area is 257 Å². The number of hydrogen-bond donors (Lipinski definition) is 1. The maximum Gasteiger partial charge on any atom is 0.144 e. The molecule has 220 valence electrons. The van der Waals surface area contributed by atoms with E-state index < -0.39 is 0 Å². The van der Waals surface area contributed by atoms with E-state index >= 15 is 0 Å². The number of aromatic hydroxyl groups is 1. The standard InChI is InChI=1S/C39H37N3O2/c1-23(2)19-24-17-18-40-32(20-24)25-21-29-26-11-7-8-16-34(26)44-37(29)30(22-25)27-12-10-15-33-35(27)41-38(42(33)6)28-13-9-14-31(36(28)43)39(3,4)5/h7-18,20-23,43H,19H2,1-6H3. The topological polar surface area (TPSA) is 64.1 Å². The molecule has 1 N–H and O–H groups in total. The number of pyridine rings is 1. The van der Waals surface area contributed by atoms with Crippen molar-refractivity contribution in [2.24, 2.45) is 13.0 Å². The summed E-state index contributed by atoms with van der Waals surface area (Å²) in [6.07, 6.45) is 2.91. The second kappa shape index (κ2) is 10.4. The van der Waals surface area contributed by atoms with Crippen LogP contribution in [0.3, 0.4) is 0 Å². The smallest absolute Gasteiger partial charge is 0.144 e. The average Bonchev–Trinajstić information content (AvgIpc) is 3.54. The van der Waals surface area contributed by atoms with Gasteiger partial charge in [0.05, 0.1) is 22.3 Å². The lowest BCUT2D eigenvalue weighted by molar-refractivity contribution is 0.448. The van der Waals surface area contributed by atoms with Crippen LogP contribution in [-0.2, 0) is 18.9 Å². The van der Waals surface area contributed by atoms with Crippen LogP contribution in [0.4, 0.5) is 0 Å². The van der Waals surface area contributed by atoms with Crippen LogP contribution in [0.15, 0.2) is 95.5 Å². The molecule has 0 saturated carbocycles. The van der Waals surface area contributed by atoms with Gasteiger partial charge in [-0.05, 0) is 71.3 Å². The molecule has 5 nitrogen and oxygen atoms in total. The molecule has 0 aliphatic carbocycles. The highest BCUT2D eigenvalue weighted by atomic mass is 16.3. The molecule has 7 aromatic rings. The number of hydrogen-bond acceptors (Lipinski definition) is 4.